The van der Waals surface area contributed by atoms with Crippen LogP contribution in [0.3, 0.4) is 0 Å². The number of carbonyl (C=O) groups excluding carboxylic acids is 1. The highest BCUT2D eigenvalue weighted by Crippen LogP contribution is 2.25. The lowest BCUT2D eigenvalue weighted by atomic mass is 10.1. The molecule has 7 nitrogen and oxygen atoms in total. The molecule has 1 heterocycles. The van der Waals surface area contributed by atoms with Crippen LogP contribution in [0.25, 0.3) is 0 Å². The van der Waals surface area contributed by atoms with Crippen LogP contribution in [0.2, 0.25) is 0 Å². The van der Waals surface area contributed by atoms with E-state index >= 15 is 0 Å². The standard InChI is InChI=1S/C20H20FN3O4S2/c1-13-18(19(25)22-11-10-14-4-3-5-16(12-14)28-2)29-20(23-13)24-30(26,27)17-8-6-15(21)7-9-17/h3-9,12H,10-11H2,1-2H3,(H,22,25)(H,23,24). The van der Waals surface area contributed by atoms with E-state index in [9.17, 15) is 17.6 Å². The molecular formula is C20H20FN3O4S2. The fourth-order valence-electron chi connectivity index (χ4n) is 2.67. The van der Waals surface area contributed by atoms with Gasteiger partial charge in [-0.25, -0.2) is 17.8 Å². The van der Waals surface area contributed by atoms with Gasteiger partial charge in [-0.15, -0.1) is 0 Å². The molecule has 10 heteroatoms. The number of sulfonamides is 1. The van der Waals surface area contributed by atoms with E-state index in [1.165, 1.54) is 0 Å². The van der Waals surface area contributed by atoms with Gasteiger partial charge >= 0.3 is 0 Å². The summed E-state index contributed by atoms with van der Waals surface area (Å²) in [4.78, 5) is 16.8. The first-order valence-electron chi connectivity index (χ1n) is 8.95. The maximum atomic E-state index is 13.0. The first-order valence-corrected chi connectivity index (χ1v) is 11.3. The predicted octanol–water partition coefficient (Wildman–Crippen LogP) is 3.37. The number of hydrogen-bond donors (Lipinski definition) is 2. The predicted molar refractivity (Wildman–Crippen MR) is 113 cm³/mol. The number of methoxy groups -OCH3 is 1. The number of carbonyl (C=O) groups is 1. The van der Waals surface area contributed by atoms with Gasteiger partial charge in [-0.05, 0) is 55.3 Å². The molecule has 0 bridgehead atoms. The fraction of sp³-hybridized carbons (Fsp3) is 0.200. The van der Waals surface area contributed by atoms with Gasteiger partial charge in [0.15, 0.2) is 5.13 Å². The lowest BCUT2D eigenvalue weighted by Gasteiger charge is -2.06. The van der Waals surface area contributed by atoms with Crippen LogP contribution >= 0.6 is 11.3 Å². The smallest absolute Gasteiger partial charge is 0.263 e. The number of hydrogen-bond acceptors (Lipinski definition) is 6. The Kier molecular flexibility index (Phi) is 6.68. The number of benzene rings is 2. The van der Waals surface area contributed by atoms with E-state index in [1.807, 2.05) is 24.3 Å². The van der Waals surface area contributed by atoms with Gasteiger partial charge in [0, 0.05) is 6.54 Å². The van der Waals surface area contributed by atoms with E-state index in [-0.39, 0.29) is 15.9 Å². The number of nitrogens with one attached hydrogen (secondary N) is 2. The third-order valence-corrected chi connectivity index (χ3v) is 6.74. The van der Waals surface area contributed by atoms with Crippen LogP contribution in [-0.4, -0.2) is 33.0 Å². The molecule has 1 aromatic heterocycles. The molecular weight excluding hydrogens is 429 g/mol. The van der Waals surface area contributed by atoms with E-state index in [0.717, 1.165) is 46.9 Å². The minimum atomic E-state index is -3.93. The molecule has 0 spiro atoms. The van der Waals surface area contributed by atoms with Crippen molar-refractivity contribution >= 4 is 32.4 Å². The molecule has 0 radical (unpaired) electrons. The summed E-state index contributed by atoms with van der Waals surface area (Å²) >= 11 is 0.937. The molecule has 0 aliphatic rings. The molecule has 3 aromatic rings. The maximum absolute atomic E-state index is 13.0. The Hall–Kier alpha value is -2.98. The van der Waals surface area contributed by atoms with Gasteiger partial charge in [-0.1, -0.05) is 23.5 Å². The monoisotopic (exact) mass is 449 g/mol. The molecule has 158 valence electrons. The molecule has 0 aliphatic heterocycles. The summed E-state index contributed by atoms with van der Waals surface area (Å²) in [6.45, 7) is 2.03. The number of ether oxygens (including phenoxy) is 1. The third kappa shape index (κ3) is 5.33. The Balaban J connectivity index is 1.63. The van der Waals surface area contributed by atoms with Crippen LogP contribution in [0.1, 0.15) is 20.9 Å². The van der Waals surface area contributed by atoms with Crippen molar-refractivity contribution < 1.29 is 22.3 Å². The van der Waals surface area contributed by atoms with Gasteiger partial charge in [-0.3, -0.25) is 9.52 Å². The summed E-state index contributed by atoms with van der Waals surface area (Å²) in [5.74, 6) is -0.123. The van der Waals surface area contributed by atoms with Crippen LogP contribution in [0, 0.1) is 12.7 Å². The van der Waals surface area contributed by atoms with Gasteiger partial charge in [0.25, 0.3) is 15.9 Å². The second-order valence-electron chi connectivity index (χ2n) is 6.35. The van der Waals surface area contributed by atoms with Crippen molar-refractivity contribution in [2.24, 2.45) is 0 Å². The minimum Gasteiger partial charge on any atom is -0.497 e. The van der Waals surface area contributed by atoms with Crippen molar-refractivity contribution in [3.63, 3.8) is 0 Å². The SMILES string of the molecule is COc1cccc(CCNC(=O)c2sc(NS(=O)(=O)c3ccc(F)cc3)nc2C)c1. The number of rotatable bonds is 8. The largest absolute Gasteiger partial charge is 0.497 e. The van der Waals surface area contributed by atoms with Gasteiger partial charge in [0.05, 0.1) is 17.7 Å². The van der Waals surface area contributed by atoms with Crippen LogP contribution in [0.5, 0.6) is 5.75 Å². The van der Waals surface area contributed by atoms with E-state index < -0.39 is 15.8 Å². The first kappa shape index (κ1) is 21.7. The summed E-state index contributed by atoms with van der Waals surface area (Å²) in [5.41, 5.74) is 1.43. The molecule has 0 atom stereocenters. The summed E-state index contributed by atoms with van der Waals surface area (Å²) in [6, 6.07) is 12.0. The lowest BCUT2D eigenvalue weighted by Crippen LogP contribution is -2.25. The number of aryl methyl sites for hydroxylation is 1. The fourth-order valence-corrected chi connectivity index (χ4v) is 4.78. The molecule has 1 amide bonds. The zero-order valence-corrected chi connectivity index (χ0v) is 17.9. The van der Waals surface area contributed by atoms with Gasteiger partial charge in [0.2, 0.25) is 0 Å². The van der Waals surface area contributed by atoms with Crippen molar-refractivity contribution in [1.82, 2.24) is 10.3 Å². The van der Waals surface area contributed by atoms with Crippen molar-refractivity contribution in [1.29, 1.82) is 0 Å². The number of nitrogens with zero attached hydrogens (tertiary/aromatic N) is 1. The third-order valence-electron chi connectivity index (χ3n) is 4.18. The Labute approximate surface area is 178 Å². The lowest BCUT2D eigenvalue weighted by molar-refractivity contribution is 0.0957. The number of amides is 1. The number of aromatic nitrogens is 1. The van der Waals surface area contributed by atoms with Crippen LogP contribution in [-0.2, 0) is 16.4 Å². The average molecular weight is 450 g/mol. The molecule has 0 aliphatic carbocycles. The van der Waals surface area contributed by atoms with Crippen LogP contribution < -0.4 is 14.8 Å². The van der Waals surface area contributed by atoms with Crippen molar-refractivity contribution in [3.8, 4) is 5.75 Å². The molecule has 0 fully saturated rings. The van der Waals surface area contributed by atoms with Crippen LogP contribution in [0.15, 0.2) is 53.4 Å². The number of halogens is 1. The normalized spacial score (nSPS) is 11.2. The second-order valence-corrected chi connectivity index (χ2v) is 9.03. The number of thiazole rings is 1. The molecule has 2 N–H and O–H groups in total. The molecule has 2 aromatic carbocycles. The Bertz CT molecular complexity index is 1150. The zero-order valence-electron chi connectivity index (χ0n) is 16.3. The maximum Gasteiger partial charge on any atom is 0.263 e. The zero-order chi connectivity index (χ0) is 21.7. The Morgan fingerprint density at radius 1 is 1.20 bits per heavy atom. The van der Waals surface area contributed by atoms with Gasteiger partial charge < -0.3 is 10.1 Å². The molecule has 0 unspecified atom stereocenters. The topological polar surface area (TPSA) is 97.4 Å². The highest BCUT2D eigenvalue weighted by Gasteiger charge is 2.20. The molecule has 3 rings (SSSR count). The second kappa shape index (κ2) is 9.23. The summed E-state index contributed by atoms with van der Waals surface area (Å²) in [6.07, 6.45) is 0.616. The van der Waals surface area contributed by atoms with Gasteiger partial charge in [0.1, 0.15) is 16.4 Å². The van der Waals surface area contributed by atoms with E-state index in [4.69, 9.17) is 4.74 Å². The van der Waals surface area contributed by atoms with E-state index in [0.29, 0.717) is 23.5 Å². The average Bonchev–Trinajstić information content (AvgIpc) is 3.07. The Morgan fingerprint density at radius 2 is 1.93 bits per heavy atom. The molecule has 0 saturated heterocycles. The van der Waals surface area contributed by atoms with Gasteiger partial charge in [-0.2, -0.15) is 0 Å². The molecule has 30 heavy (non-hydrogen) atoms. The quantitative estimate of drug-likeness (QED) is 0.550. The van der Waals surface area contributed by atoms with Crippen LogP contribution in [0.4, 0.5) is 9.52 Å². The number of anilines is 1. The summed E-state index contributed by atoms with van der Waals surface area (Å²) in [7, 11) is -2.34. The summed E-state index contributed by atoms with van der Waals surface area (Å²) in [5, 5.41) is 2.88. The van der Waals surface area contributed by atoms with Crippen molar-refractivity contribution in [2.75, 3.05) is 18.4 Å². The highest BCUT2D eigenvalue weighted by atomic mass is 32.2. The Morgan fingerprint density at radius 3 is 2.63 bits per heavy atom. The van der Waals surface area contributed by atoms with Crippen molar-refractivity contribution in [3.05, 3.63) is 70.5 Å². The molecule has 0 saturated carbocycles. The van der Waals surface area contributed by atoms with Crippen molar-refractivity contribution in [2.45, 2.75) is 18.2 Å². The summed E-state index contributed by atoms with van der Waals surface area (Å²) < 4.78 is 45.3. The van der Waals surface area contributed by atoms with E-state index in [2.05, 4.69) is 15.0 Å². The minimum absolute atomic E-state index is 0.0646. The first-order chi connectivity index (χ1) is 14.3. The highest BCUT2D eigenvalue weighted by molar-refractivity contribution is 7.93. The van der Waals surface area contributed by atoms with E-state index in [1.54, 1.807) is 14.0 Å².